The molecule has 6 nitrogen and oxygen atoms in total. The molecule has 0 aliphatic rings. The Labute approximate surface area is 181 Å². The molecule has 148 valence electrons. The highest BCUT2D eigenvalue weighted by Crippen LogP contribution is 2.30. The molecule has 0 spiro atoms. The minimum atomic E-state index is 0.0190. The molecular weight excluding hydrogens is 422 g/mol. The first-order valence-corrected chi connectivity index (χ1v) is 11.7. The smallest absolute Gasteiger partial charge is 0.239 e. The van der Waals surface area contributed by atoms with Crippen LogP contribution in [-0.2, 0) is 11.3 Å². The zero-order chi connectivity index (χ0) is 20.1. The largest absolute Gasteiger partial charge is 0.356 e. The number of thioether (sulfide) groups is 1. The number of fused-ring (bicyclic) bond motifs is 1. The van der Waals surface area contributed by atoms with Gasteiger partial charge in [-0.05, 0) is 24.6 Å². The van der Waals surface area contributed by atoms with E-state index in [0.29, 0.717) is 18.8 Å². The third kappa shape index (κ3) is 4.92. The van der Waals surface area contributed by atoms with Gasteiger partial charge in [-0.2, -0.15) is 0 Å². The van der Waals surface area contributed by atoms with Crippen LogP contribution < -0.4 is 10.2 Å². The van der Waals surface area contributed by atoms with E-state index in [4.69, 9.17) is 0 Å². The van der Waals surface area contributed by atoms with E-state index in [2.05, 4.69) is 32.6 Å². The summed E-state index contributed by atoms with van der Waals surface area (Å²) in [6.45, 7) is 3.24. The van der Waals surface area contributed by atoms with E-state index < -0.39 is 0 Å². The van der Waals surface area contributed by atoms with Crippen LogP contribution >= 0.6 is 34.4 Å². The van der Waals surface area contributed by atoms with Crippen LogP contribution in [0.5, 0.6) is 0 Å². The molecule has 4 rings (SSSR count). The van der Waals surface area contributed by atoms with Crippen LogP contribution in [0.2, 0.25) is 0 Å². The van der Waals surface area contributed by atoms with Crippen molar-refractivity contribution in [3.05, 3.63) is 60.2 Å². The number of nitrogens with one attached hydrogen (secondary N) is 1. The number of nitrogens with zero attached hydrogens (tertiary/aromatic N) is 4. The van der Waals surface area contributed by atoms with Crippen molar-refractivity contribution in [1.82, 2.24) is 15.2 Å². The average molecular weight is 442 g/mol. The molecule has 0 saturated heterocycles. The van der Waals surface area contributed by atoms with Crippen molar-refractivity contribution in [2.45, 2.75) is 17.8 Å². The van der Waals surface area contributed by atoms with Gasteiger partial charge >= 0.3 is 0 Å². The molecule has 0 fully saturated rings. The lowest BCUT2D eigenvalue weighted by Gasteiger charge is -2.16. The van der Waals surface area contributed by atoms with Gasteiger partial charge < -0.3 is 5.32 Å². The van der Waals surface area contributed by atoms with E-state index in [-0.39, 0.29) is 5.91 Å². The molecule has 0 atom stereocenters. The lowest BCUT2D eigenvalue weighted by atomic mass is 10.2. The van der Waals surface area contributed by atoms with Crippen molar-refractivity contribution in [2.75, 3.05) is 22.5 Å². The molecule has 0 saturated carbocycles. The topological polar surface area (TPSA) is 71.0 Å². The van der Waals surface area contributed by atoms with Gasteiger partial charge in [0.2, 0.25) is 11.0 Å². The van der Waals surface area contributed by atoms with Crippen molar-refractivity contribution >= 4 is 60.8 Å². The molecule has 2 aromatic heterocycles. The molecule has 0 aliphatic carbocycles. The molecule has 2 aromatic carbocycles. The fourth-order valence-corrected chi connectivity index (χ4v) is 5.38. The highest BCUT2D eigenvalue weighted by molar-refractivity contribution is 8.01. The third-order valence-electron chi connectivity index (χ3n) is 4.14. The maximum atomic E-state index is 12.8. The Hall–Kier alpha value is -2.49. The highest BCUT2D eigenvalue weighted by atomic mass is 32.2. The summed E-state index contributed by atoms with van der Waals surface area (Å²) in [4.78, 5) is 19.1. The zero-order valence-electron chi connectivity index (χ0n) is 15.7. The number of anilines is 2. The lowest BCUT2D eigenvalue weighted by Crippen LogP contribution is -2.31. The van der Waals surface area contributed by atoms with Gasteiger partial charge in [0.05, 0.1) is 16.0 Å². The molecule has 0 aliphatic heterocycles. The quantitative estimate of drug-likeness (QED) is 0.392. The Kier molecular flexibility index (Phi) is 6.38. The summed E-state index contributed by atoms with van der Waals surface area (Å²) in [5.74, 6) is 0.322. The van der Waals surface area contributed by atoms with Gasteiger partial charge in [0, 0.05) is 13.1 Å². The summed E-state index contributed by atoms with van der Waals surface area (Å²) >= 11 is 4.40. The standard InChI is InChI=1S/C20H19N5OS3/c1-2-25(19-22-15-10-6-7-11-16(15)28-19)17(26)13-27-20-24-23-18(29-20)21-12-14-8-4-3-5-9-14/h3-11H,2,12-13H2,1H3,(H,21,23). The second-order valence-corrected chi connectivity index (χ2v) is 9.31. The zero-order valence-corrected chi connectivity index (χ0v) is 18.2. The Bertz CT molecular complexity index is 1060. The minimum Gasteiger partial charge on any atom is -0.356 e. The minimum absolute atomic E-state index is 0.0190. The van der Waals surface area contributed by atoms with Crippen LogP contribution in [0.1, 0.15) is 12.5 Å². The SMILES string of the molecule is CCN(C(=O)CSc1nnc(NCc2ccccc2)s1)c1nc2ccccc2s1. The Morgan fingerprint density at radius 3 is 2.66 bits per heavy atom. The Morgan fingerprint density at radius 2 is 1.86 bits per heavy atom. The molecule has 4 aromatic rings. The van der Waals surface area contributed by atoms with Gasteiger partial charge in [0.1, 0.15) is 0 Å². The van der Waals surface area contributed by atoms with Gasteiger partial charge in [-0.25, -0.2) is 4.98 Å². The monoisotopic (exact) mass is 441 g/mol. The summed E-state index contributed by atoms with van der Waals surface area (Å²) < 4.78 is 1.86. The molecule has 2 heterocycles. The van der Waals surface area contributed by atoms with Gasteiger partial charge in [0.15, 0.2) is 9.47 Å². The Morgan fingerprint density at radius 1 is 1.07 bits per heavy atom. The second-order valence-electron chi connectivity index (χ2n) is 6.10. The fourth-order valence-electron chi connectivity index (χ4n) is 2.71. The molecule has 1 amide bonds. The average Bonchev–Trinajstić information content (AvgIpc) is 3.39. The number of amides is 1. The summed E-state index contributed by atoms with van der Waals surface area (Å²) in [6.07, 6.45) is 0. The number of para-hydroxylation sites is 1. The van der Waals surface area contributed by atoms with Crippen molar-refractivity contribution < 1.29 is 4.79 Å². The lowest BCUT2D eigenvalue weighted by molar-refractivity contribution is -0.116. The van der Waals surface area contributed by atoms with Crippen LogP contribution in [0.4, 0.5) is 10.3 Å². The van der Waals surface area contributed by atoms with E-state index >= 15 is 0 Å². The molecule has 29 heavy (non-hydrogen) atoms. The van der Waals surface area contributed by atoms with E-state index in [1.165, 1.54) is 40.0 Å². The molecular formula is C20H19N5OS3. The number of hydrogen-bond acceptors (Lipinski definition) is 8. The number of thiazole rings is 1. The molecule has 0 unspecified atom stereocenters. The maximum absolute atomic E-state index is 12.8. The number of hydrogen-bond donors (Lipinski definition) is 1. The van der Waals surface area contributed by atoms with Crippen LogP contribution in [0.3, 0.4) is 0 Å². The van der Waals surface area contributed by atoms with Crippen LogP contribution in [0.25, 0.3) is 10.2 Å². The first-order chi connectivity index (χ1) is 14.2. The van der Waals surface area contributed by atoms with E-state index in [1.807, 2.05) is 49.4 Å². The van der Waals surface area contributed by atoms with Crippen LogP contribution in [-0.4, -0.2) is 33.4 Å². The van der Waals surface area contributed by atoms with E-state index in [9.17, 15) is 4.79 Å². The normalized spacial score (nSPS) is 10.9. The summed E-state index contributed by atoms with van der Waals surface area (Å²) in [6, 6.07) is 18.1. The van der Waals surface area contributed by atoms with Crippen molar-refractivity contribution in [3.8, 4) is 0 Å². The first kappa shape index (κ1) is 19.8. The van der Waals surface area contributed by atoms with Gasteiger partial charge in [0.25, 0.3) is 0 Å². The van der Waals surface area contributed by atoms with Crippen molar-refractivity contribution in [3.63, 3.8) is 0 Å². The van der Waals surface area contributed by atoms with Crippen LogP contribution in [0.15, 0.2) is 58.9 Å². The number of carbonyl (C=O) groups excluding carboxylic acids is 1. The van der Waals surface area contributed by atoms with Crippen molar-refractivity contribution in [1.29, 1.82) is 0 Å². The predicted molar refractivity (Wildman–Crippen MR) is 122 cm³/mol. The third-order valence-corrected chi connectivity index (χ3v) is 7.20. The first-order valence-electron chi connectivity index (χ1n) is 9.13. The van der Waals surface area contributed by atoms with E-state index in [0.717, 1.165) is 24.8 Å². The fraction of sp³-hybridized carbons (Fsp3) is 0.200. The number of benzene rings is 2. The summed E-state index contributed by atoms with van der Waals surface area (Å²) in [5, 5.41) is 13.1. The molecule has 1 N–H and O–H groups in total. The highest BCUT2D eigenvalue weighted by Gasteiger charge is 2.19. The summed E-state index contributed by atoms with van der Waals surface area (Å²) in [7, 11) is 0. The molecule has 9 heteroatoms. The number of carbonyl (C=O) groups is 1. The number of rotatable bonds is 8. The Balaban J connectivity index is 1.34. The maximum Gasteiger partial charge on any atom is 0.239 e. The molecule has 0 bridgehead atoms. The number of aromatic nitrogens is 3. The molecule has 0 radical (unpaired) electrons. The van der Waals surface area contributed by atoms with Crippen molar-refractivity contribution in [2.24, 2.45) is 0 Å². The van der Waals surface area contributed by atoms with Gasteiger partial charge in [-0.3, -0.25) is 9.69 Å². The van der Waals surface area contributed by atoms with E-state index in [1.54, 1.807) is 4.90 Å². The van der Waals surface area contributed by atoms with Gasteiger partial charge in [-0.15, -0.1) is 10.2 Å². The second kappa shape index (κ2) is 9.34. The van der Waals surface area contributed by atoms with Gasteiger partial charge in [-0.1, -0.05) is 76.9 Å². The summed E-state index contributed by atoms with van der Waals surface area (Å²) in [5.41, 5.74) is 2.10. The predicted octanol–water partition coefficient (Wildman–Crippen LogP) is 4.91. The van der Waals surface area contributed by atoms with Crippen LogP contribution in [0, 0.1) is 0 Å².